The number of thiazole rings is 1. The highest BCUT2D eigenvalue weighted by molar-refractivity contribution is 14.0. The molecular formula is C21H27IN4O2S2. The van der Waals surface area contributed by atoms with Crippen molar-refractivity contribution in [3.05, 3.63) is 51.2 Å². The fourth-order valence-corrected chi connectivity index (χ4v) is 4.48. The number of aromatic nitrogens is 1. The van der Waals surface area contributed by atoms with Gasteiger partial charge in [0.15, 0.2) is 17.5 Å². The lowest BCUT2D eigenvalue weighted by atomic mass is 10.2. The predicted octanol–water partition coefficient (Wildman–Crippen LogP) is 4.72. The van der Waals surface area contributed by atoms with Crippen molar-refractivity contribution in [3.8, 4) is 22.1 Å². The van der Waals surface area contributed by atoms with Gasteiger partial charge >= 0.3 is 0 Å². The van der Waals surface area contributed by atoms with Crippen molar-refractivity contribution in [3.63, 3.8) is 0 Å². The maximum Gasteiger partial charge on any atom is 0.191 e. The van der Waals surface area contributed by atoms with Crippen molar-refractivity contribution in [1.29, 1.82) is 0 Å². The van der Waals surface area contributed by atoms with E-state index in [1.807, 2.05) is 25.1 Å². The summed E-state index contributed by atoms with van der Waals surface area (Å²) < 4.78 is 10.6. The Hall–Kier alpha value is -1.85. The molecule has 0 bridgehead atoms. The van der Waals surface area contributed by atoms with Crippen molar-refractivity contribution in [1.82, 2.24) is 15.6 Å². The van der Waals surface area contributed by atoms with Gasteiger partial charge in [0.1, 0.15) is 0 Å². The number of nitrogens with one attached hydrogen (secondary N) is 2. The highest BCUT2D eigenvalue weighted by atomic mass is 127. The van der Waals surface area contributed by atoms with Crippen LogP contribution < -0.4 is 20.1 Å². The van der Waals surface area contributed by atoms with Gasteiger partial charge in [-0.1, -0.05) is 6.07 Å². The second-order valence-corrected chi connectivity index (χ2v) is 8.54. The highest BCUT2D eigenvalue weighted by Gasteiger charge is 2.07. The van der Waals surface area contributed by atoms with Gasteiger partial charge in [-0.15, -0.1) is 46.7 Å². The van der Waals surface area contributed by atoms with E-state index in [2.05, 4.69) is 38.1 Å². The molecule has 0 spiro atoms. The number of nitrogens with zero attached hydrogens (tertiary/aromatic N) is 2. The first-order chi connectivity index (χ1) is 14.1. The normalized spacial score (nSPS) is 11.0. The summed E-state index contributed by atoms with van der Waals surface area (Å²) in [6, 6.07) is 10.2. The topological polar surface area (TPSA) is 67.8 Å². The molecular weight excluding hydrogens is 531 g/mol. The van der Waals surface area contributed by atoms with Crippen LogP contribution in [-0.2, 0) is 13.0 Å². The second kappa shape index (κ2) is 12.1. The first-order valence-electron chi connectivity index (χ1n) is 9.29. The van der Waals surface area contributed by atoms with E-state index >= 15 is 0 Å². The third-order valence-corrected chi connectivity index (χ3v) is 6.27. The molecule has 9 heteroatoms. The summed E-state index contributed by atoms with van der Waals surface area (Å²) in [7, 11) is 5.05. The summed E-state index contributed by atoms with van der Waals surface area (Å²) in [5, 5.41) is 9.91. The van der Waals surface area contributed by atoms with E-state index in [0.29, 0.717) is 6.54 Å². The first kappa shape index (κ1) is 24.4. The standard InChI is InChI=1S/C21H26N4O2S2.HI/c1-14-25-17(13-28-14)20-8-6-16(29-20)9-10-23-21(22-2)24-12-15-5-7-18(26-3)19(11-15)27-4;/h5-8,11,13H,9-10,12H2,1-4H3,(H2,22,23,24);1H. The van der Waals surface area contributed by atoms with E-state index < -0.39 is 0 Å². The van der Waals surface area contributed by atoms with Gasteiger partial charge in [0, 0.05) is 30.4 Å². The van der Waals surface area contributed by atoms with Crippen LogP contribution in [0.15, 0.2) is 40.7 Å². The molecule has 3 aromatic rings. The van der Waals surface area contributed by atoms with Gasteiger partial charge < -0.3 is 20.1 Å². The minimum Gasteiger partial charge on any atom is -0.493 e. The van der Waals surface area contributed by atoms with Crippen LogP contribution in [0, 0.1) is 6.92 Å². The zero-order valence-electron chi connectivity index (χ0n) is 17.5. The molecule has 0 aliphatic rings. The maximum absolute atomic E-state index is 5.36. The summed E-state index contributed by atoms with van der Waals surface area (Å²) in [6.45, 7) is 3.49. The first-order valence-corrected chi connectivity index (χ1v) is 11.0. The molecule has 2 aromatic heterocycles. The molecule has 30 heavy (non-hydrogen) atoms. The fourth-order valence-electron chi connectivity index (χ4n) is 2.83. The fraction of sp³-hybridized carbons (Fsp3) is 0.333. The number of aryl methyl sites for hydroxylation is 1. The van der Waals surface area contributed by atoms with Crippen molar-refractivity contribution in [2.75, 3.05) is 27.8 Å². The smallest absolute Gasteiger partial charge is 0.191 e. The van der Waals surface area contributed by atoms with E-state index in [4.69, 9.17) is 9.47 Å². The molecule has 0 fully saturated rings. The summed E-state index contributed by atoms with van der Waals surface area (Å²) >= 11 is 3.48. The lowest BCUT2D eigenvalue weighted by Gasteiger charge is -2.13. The van der Waals surface area contributed by atoms with Crippen molar-refractivity contribution < 1.29 is 9.47 Å². The van der Waals surface area contributed by atoms with Gasteiger partial charge in [0.05, 0.1) is 29.8 Å². The molecule has 0 aliphatic carbocycles. The second-order valence-electron chi connectivity index (χ2n) is 6.31. The molecule has 0 saturated carbocycles. The van der Waals surface area contributed by atoms with E-state index in [1.54, 1.807) is 43.9 Å². The van der Waals surface area contributed by atoms with E-state index in [0.717, 1.165) is 46.7 Å². The predicted molar refractivity (Wildman–Crippen MR) is 137 cm³/mol. The molecule has 0 amide bonds. The van der Waals surface area contributed by atoms with Gasteiger partial charge in [-0.2, -0.15) is 0 Å². The minimum atomic E-state index is 0. The van der Waals surface area contributed by atoms with Gasteiger partial charge in [-0.3, -0.25) is 4.99 Å². The Kier molecular flexibility index (Phi) is 9.86. The number of ether oxygens (including phenoxy) is 2. The van der Waals surface area contributed by atoms with Crippen molar-refractivity contribution >= 4 is 52.6 Å². The highest BCUT2D eigenvalue weighted by Crippen LogP contribution is 2.29. The Bertz CT molecular complexity index is 972. The number of methoxy groups -OCH3 is 2. The Labute approximate surface area is 202 Å². The Morgan fingerprint density at radius 1 is 1.10 bits per heavy atom. The average molecular weight is 559 g/mol. The zero-order chi connectivity index (χ0) is 20.6. The molecule has 2 N–H and O–H groups in total. The summed E-state index contributed by atoms with van der Waals surface area (Å²) in [5.74, 6) is 2.21. The number of hydrogen-bond acceptors (Lipinski definition) is 6. The third kappa shape index (κ3) is 6.58. The number of rotatable bonds is 8. The summed E-state index contributed by atoms with van der Waals surface area (Å²) in [6.07, 6.45) is 0.935. The molecule has 1 aromatic carbocycles. The average Bonchev–Trinajstić information content (AvgIpc) is 3.39. The van der Waals surface area contributed by atoms with Crippen LogP contribution >= 0.6 is 46.7 Å². The maximum atomic E-state index is 5.36. The van der Waals surface area contributed by atoms with Crippen molar-refractivity contribution in [2.45, 2.75) is 19.9 Å². The summed E-state index contributed by atoms with van der Waals surface area (Å²) in [4.78, 5) is 11.4. The molecule has 0 radical (unpaired) electrons. The van der Waals surface area contributed by atoms with Crippen LogP contribution in [0.2, 0.25) is 0 Å². The number of guanidine groups is 1. The largest absolute Gasteiger partial charge is 0.493 e. The van der Waals surface area contributed by atoms with Gasteiger partial charge in [-0.05, 0) is 43.2 Å². The molecule has 3 rings (SSSR count). The molecule has 0 atom stereocenters. The monoisotopic (exact) mass is 558 g/mol. The molecule has 0 saturated heterocycles. The lowest BCUT2D eigenvalue weighted by Crippen LogP contribution is -2.37. The third-order valence-electron chi connectivity index (χ3n) is 4.33. The number of thiophene rings is 1. The van der Waals surface area contributed by atoms with Gasteiger partial charge in [0.2, 0.25) is 0 Å². The van der Waals surface area contributed by atoms with Crippen LogP contribution in [-0.4, -0.2) is 38.8 Å². The van der Waals surface area contributed by atoms with Gasteiger partial charge in [0.25, 0.3) is 0 Å². The van der Waals surface area contributed by atoms with Crippen LogP contribution in [0.4, 0.5) is 0 Å². The zero-order valence-corrected chi connectivity index (χ0v) is 21.5. The SMILES string of the molecule is CN=C(NCCc1ccc(-c2csc(C)n2)s1)NCc1ccc(OC)c(OC)c1.I. The number of aliphatic imine (C=N–C) groups is 1. The van der Waals surface area contributed by atoms with Gasteiger partial charge in [-0.25, -0.2) is 4.98 Å². The molecule has 0 unspecified atom stereocenters. The van der Waals surface area contributed by atoms with Crippen LogP contribution in [0.5, 0.6) is 11.5 Å². The number of hydrogen-bond donors (Lipinski definition) is 2. The minimum absolute atomic E-state index is 0. The Balaban J connectivity index is 0.00000320. The quantitative estimate of drug-likeness (QED) is 0.238. The molecule has 6 nitrogen and oxygen atoms in total. The van der Waals surface area contributed by atoms with Crippen LogP contribution in [0.25, 0.3) is 10.6 Å². The van der Waals surface area contributed by atoms with E-state index in [1.165, 1.54) is 9.75 Å². The Morgan fingerprint density at radius 2 is 1.90 bits per heavy atom. The van der Waals surface area contributed by atoms with Crippen LogP contribution in [0.1, 0.15) is 15.4 Å². The van der Waals surface area contributed by atoms with E-state index in [9.17, 15) is 0 Å². The Morgan fingerprint density at radius 3 is 2.57 bits per heavy atom. The van der Waals surface area contributed by atoms with Crippen molar-refractivity contribution in [2.24, 2.45) is 4.99 Å². The lowest BCUT2D eigenvalue weighted by molar-refractivity contribution is 0.354. The molecule has 2 heterocycles. The molecule has 162 valence electrons. The van der Waals surface area contributed by atoms with E-state index in [-0.39, 0.29) is 24.0 Å². The number of halogens is 1. The number of benzene rings is 1. The summed E-state index contributed by atoms with van der Waals surface area (Å²) in [5.41, 5.74) is 2.16. The van der Waals surface area contributed by atoms with Crippen LogP contribution in [0.3, 0.4) is 0 Å². The molecule has 0 aliphatic heterocycles.